The van der Waals surface area contributed by atoms with Crippen LogP contribution in [0.2, 0.25) is 10.0 Å². The van der Waals surface area contributed by atoms with Gasteiger partial charge in [0.15, 0.2) is 5.60 Å². The van der Waals surface area contributed by atoms with E-state index in [4.69, 9.17) is 23.2 Å². The van der Waals surface area contributed by atoms with Crippen LogP contribution in [0.4, 0.5) is 5.69 Å². The van der Waals surface area contributed by atoms with E-state index in [0.717, 1.165) is 19.3 Å². The summed E-state index contributed by atoms with van der Waals surface area (Å²) in [6, 6.07) is 3.07. The molecule has 6 heteroatoms. The standard InChI is InChI=1S/C20H21Cl2NO3/c21-13-4-14(22)17-15(5-13)23-18(25)20(17,26)9-16(24)19-6-10-1-11(7-19)3-12(2-10)8-19/h4-5,10-12,26H,1-3,6-9H2,(H,23,25)/t10?,11?,12?,19?,20-/m1/s1. The van der Waals surface area contributed by atoms with Gasteiger partial charge < -0.3 is 10.4 Å². The molecule has 0 aromatic heterocycles. The number of aliphatic hydroxyl groups is 1. The molecule has 0 spiro atoms. The molecule has 0 radical (unpaired) electrons. The summed E-state index contributed by atoms with van der Waals surface area (Å²) in [5.41, 5.74) is -1.58. The fourth-order valence-corrected chi connectivity index (χ4v) is 7.12. The van der Waals surface area contributed by atoms with Crippen LogP contribution in [0.1, 0.15) is 50.5 Å². The lowest BCUT2D eigenvalue weighted by Gasteiger charge is -2.56. The molecule has 2 N–H and O–H groups in total. The Kier molecular flexibility index (Phi) is 3.58. The van der Waals surface area contributed by atoms with Gasteiger partial charge in [0.1, 0.15) is 5.78 Å². The molecule has 1 aromatic carbocycles. The molecule has 0 unspecified atom stereocenters. The highest BCUT2D eigenvalue weighted by molar-refractivity contribution is 6.36. The molecule has 4 aliphatic carbocycles. The summed E-state index contributed by atoms with van der Waals surface area (Å²) >= 11 is 12.3. The smallest absolute Gasteiger partial charge is 0.261 e. The molecular formula is C20H21Cl2NO3. The van der Waals surface area contributed by atoms with Crippen LogP contribution in [0.3, 0.4) is 0 Å². The number of rotatable bonds is 3. The van der Waals surface area contributed by atoms with E-state index in [1.807, 2.05) is 0 Å². The normalized spacial score (nSPS) is 39.8. The van der Waals surface area contributed by atoms with E-state index in [0.29, 0.717) is 28.5 Å². The molecule has 1 heterocycles. The molecule has 1 amide bonds. The van der Waals surface area contributed by atoms with E-state index < -0.39 is 11.5 Å². The summed E-state index contributed by atoms with van der Waals surface area (Å²) in [6.45, 7) is 0. The number of carbonyl (C=O) groups is 2. The third-order valence-electron chi connectivity index (χ3n) is 7.14. The summed E-state index contributed by atoms with van der Waals surface area (Å²) in [4.78, 5) is 25.9. The summed E-state index contributed by atoms with van der Waals surface area (Å²) in [7, 11) is 0. The Bertz CT molecular complexity index is 801. The van der Waals surface area contributed by atoms with Gasteiger partial charge >= 0.3 is 0 Å². The number of ketones is 1. The van der Waals surface area contributed by atoms with Crippen molar-refractivity contribution in [3.05, 3.63) is 27.7 Å². The monoisotopic (exact) mass is 393 g/mol. The SMILES string of the molecule is O=C(C[C@]1(O)C(=O)Nc2cc(Cl)cc(Cl)c21)C12CC3CC(CC(C3)C1)C2. The van der Waals surface area contributed by atoms with Gasteiger partial charge in [-0.3, -0.25) is 9.59 Å². The first-order chi connectivity index (χ1) is 12.3. The number of nitrogens with one attached hydrogen (secondary N) is 1. The van der Waals surface area contributed by atoms with E-state index in [1.54, 1.807) is 6.07 Å². The van der Waals surface area contributed by atoms with Gasteiger partial charge in [-0.25, -0.2) is 0 Å². The minimum Gasteiger partial charge on any atom is -0.375 e. The summed E-state index contributed by atoms with van der Waals surface area (Å²) in [5.74, 6) is 1.33. The molecule has 6 rings (SSSR count). The Morgan fingerprint density at radius 3 is 2.27 bits per heavy atom. The predicted octanol–water partition coefficient (Wildman–Crippen LogP) is 4.31. The zero-order valence-corrected chi connectivity index (χ0v) is 15.9. The first-order valence-electron chi connectivity index (χ1n) is 9.36. The zero-order chi connectivity index (χ0) is 18.3. The molecule has 4 saturated carbocycles. The quantitative estimate of drug-likeness (QED) is 0.803. The van der Waals surface area contributed by atoms with E-state index >= 15 is 0 Å². The van der Waals surface area contributed by atoms with Crippen molar-refractivity contribution in [2.45, 2.75) is 50.5 Å². The minimum absolute atomic E-state index is 0.0214. The zero-order valence-electron chi connectivity index (χ0n) is 14.4. The van der Waals surface area contributed by atoms with Crippen molar-refractivity contribution in [1.82, 2.24) is 0 Å². The first kappa shape index (κ1) is 17.0. The van der Waals surface area contributed by atoms with Crippen molar-refractivity contribution in [2.24, 2.45) is 23.2 Å². The van der Waals surface area contributed by atoms with Crippen molar-refractivity contribution < 1.29 is 14.7 Å². The van der Waals surface area contributed by atoms with Gasteiger partial charge in [-0.2, -0.15) is 0 Å². The van der Waals surface area contributed by atoms with Crippen molar-refractivity contribution >= 4 is 40.6 Å². The van der Waals surface area contributed by atoms with Crippen molar-refractivity contribution in [3.8, 4) is 0 Å². The van der Waals surface area contributed by atoms with Crippen molar-refractivity contribution in [3.63, 3.8) is 0 Å². The minimum atomic E-state index is -1.91. The first-order valence-corrected chi connectivity index (χ1v) is 10.1. The number of halogens is 2. The lowest BCUT2D eigenvalue weighted by Crippen LogP contribution is -2.52. The lowest BCUT2D eigenvalue weighted by molar-refractivity contribution is -0.153. The van der Waals surface area contributed by atoms with Gasteiger partial charge in [0.05, 0.1) is 10.7 Å². The van der Waals surface area contributed by atoms with Gasteiger partial charge in [0, 0.05) is 22.4 Å². The molecule has 4 nitrogen and oxygen atoms in total. The highest BCUT2D eigenvalue weighted by Gasteiger charge is 2.57. The second kappa shape index (κ2) is 5.46. The van der Waals surface area contributed by atoms with E-state index in [9.17, 15) is 14.7 Å². The average molecular weight is 394 g/mol. The molecule has 4 fully saturated rings. The molecule has 26 heavy (non-hydrogen) atoms. The Morgan fingerprint density at radius 2 is 1.69 bits per heavy atom. The lowest BCUT2D eigenvalue weighted by atomic mass is 9.48. The molecular weight excluding hydrogens is 373 g/mol. The Balaban J connectivity index is 1.48. The average Bonchev–Trinajstić information content (AvgIpc) is 2.76. The number of carbonyl (C=O) groups excluding carboxylic acids is 2. The van der Waals surface area contributed by atoms with Crippen LogP contribution in [0.25, 0.3) is 0 Å². The number of hydrogen-bond acceptors (Lipinski definition) is 3. The van der Waals surface area contributed by atoms with Crippen LogP contribution in [0.5, 0.6) is 0 Å². The third kappa shape index (κ3) is 2.31. The second-order valence-corrected chi connectivity index (χ2v) is 9.77. The predicted molar refractivity (Wildman–Crippen MR) is 99.2 cm³/mol. The maximum absolute atomic E-state index is 13.4. The van der Waals surface area contributed by atoms with E-state index in [2.05, 4.69) is 5.32 Å². The number of fused-ring (bicyclic) bond motifs is 1. The molecule has 1 aliphatic heterocycles. The second-order valence-electron chi connectivity index (χ2n) is 8.92. The topological polar surface area (TPSA) is 66.4 Å². The van der Waals surface area contributed by atoms with Crippen LogP contribution in [-0.4, -0.2) is 16.8 Å². The molecule has 5 aliphatic rings. The number of amides is 1. The third-order valence-corrected chi connectivity index (χ3v) is 7.65. The van der Waals surface area contributed by atoms with Crippen molar-refractivity contribution in [2.75, 3.05) is 5.32 Å². The van der Waals surface area contributed by atoms with Gasteiger partial charge in [-0.1, -0.05) is 23.2 Å². The van der Waals surface area contributed by atoms with Crippen LogP contribution >= 0.6 is 23.2 Å². The molecule has 4 bridgehead atoms. The highest BCUT2D eigenvalue weighted by Crippen LogP contribution is 2.61. The number of hydrogen-bond donors (Lipinski definition) is 2. The van der Waals surface area contributed by atoms with Crippen LogP contribution in [0.15, 0.2) is 12.1 Å². The maximum atomic E-state index is 13.4. The van der Waals surface area contributed by atoms with Crippen LogP contribution < -0.4 is 5.32 Å². The van der Waals surface area contributed by atoms with Gasteiger partial charge in [-0.05, 0) is 68.4 Å². The number of benzene rings is 1. The van der Waals surface area contributed by atoms with Gasteiger partial charge in [0.2, 0.25) is 0 Å². The molecule has 1 aromatic rings. The summed E-state index contributed by atoms with van der Waals surface area (Å²) < 4.78 is 0. The fraction of sp³-hybridized carbons (Fsp3) is 0.600. The Morgan fingerprint density at radius 1 is 1.12 bits per heavy atom. The molecule has 0 saturated heterocycles. The Hall–Kier alpha value is -1.10. The van der Waals surface area contributed by atoms with Crippen molar-refractivity contribution in [1.29, 1.82) is 0 Å². The van der Waals surface area contributed by atoms with E-state index in [-0.39, 0.29) is 28.2 Å². The number of anilines is 1. The van der Waals surface area contributed by atoms with Crippen LogP contribution in [0, 0.1) is 23.2 Å². The van der Waals surface area contributed by atoms with Gasteiger partial charge in [0.25, 0.3) is 5.91 Å². The van der Waals surface area contributed by atoms with E-state index in [1.165, 1.54) is 25.3 Å². The fourth-order valence-electron chi connectivity index (χ4n) is 6.47. The maximum Gasteiger partial charge on any atom is 0.261 e. The summed E-state index contributed by atoms with van der Waals surface area (Å²) in [5, 5.41) is 14.4. The van der Waals surface area contributed by atoms with Gasteiger partial charge in [-0.15, -0.1) is 0 Å². The summed E-state index contributed by atoms with van der Waals surface area (Å²) in [6.07, 6.45) is 6.25. The largest absolute Gasteiger partial charge is 0.375 e. The highest BCUT2D eigenvalue weighted by atomic mass is 35.5. The molecule has 1 atom stereocenters. The molecule has 138 valence electrons. The van der Waals surface area contributed by atoms with Crippen LogP contribution in [-0.2, 0) is 15.2 Å². The number of Topliss-reactive ketones (excluding diaryl/α,β-unsaturated/α-hetero) is 1. The Labute approximate surface area is 162 Å².